The van der Waals surface area contributed by atoms with Crippen LogP contribution in [0.2, 0.25) is 0 Å². The van der Waals surface area contributed by atoms with Gasteiger partial charge in [0.2, 0.25) is 0 Å². The lowest BCUT2D eigenvalue weighted by molar-refractivity contribution is 0.227. The fourth-order valence-electron chi connectivity index (χ4n) is 1.99. The van der Waals surface area contributed by atoms with Gasteiger partial charge in [0, 0.05) is 18.3 Å². The summed E-state index contributed by atoms with van der Waals surface area (Å²) in [4.78, 5) is 12.0. The van der Waals surface area contributed by atoms with Gasteiger partial charge in [0.05, 0.1) is 0 Å². The van der Waals surface area contributed by atoms with E-state index in [4.69, 9.17) is 5.11 Å². The van der Waals surface area contributed by atoms with Crippen molar-refractivity contribution in [2.45, 2.75) is 39.7 Å². The maximum Gasteiger partial charge on any atom is 0.319 e. The van der Waals surface area contributed by atoms with Crippen LogP contribution in [0.4, 0.5) is 10.5 Å². The first-order valence-corrected chi connectivity index (χ1v) is 6.84. The molecule has 0 aliphatic rings. The van der Waals surface area contributed by atoms with Crippen LogP contribution in [0.3, 0.4) is 0 Å². The van der Waals surface area contributed by atoms with Gasteiger partial charge in [-0.05, 0) is 30.4 Å². The molecule has 0 spiro atoms. The third-order valence-corrected chi connectivity index (χ3v) is 3.21. The number of anilines is 1. The number of aryl methyl sites for hydroxylation is 1. The first kappa shape index (κ1) is 15.5. The number of benzene rings is 1. The number of urea groups is 1. The van der Waals surface area contributed by atoms with Crippen molar-refractivity contribution < 1.29 is 9.90 Å². The molecule has 1 rings (SSSR count). The topological polar surface area (TPSA) is 61.4 Å². The lowest BCUT2D eigenvalue weighted by atomic mass is 10.0. The molecule has 1 unspecified atom stereocenters. The Morgan fingerprint density at radius 2 is 2.00 bits per heavy atom. The number of aliphatic hydroxyl groups is 1. The van der Waals surface area contributed by atoms with Crippen molar-refractivity contribution in [3.63, 3.8) is 0 Å². The molecule has 4 nitrogen and oxygen atoms in total. The van der Waals surface area contributed by atoms with Crippen LogP contribution in [0, 0.1) is 5.92 Å². The van der Waals surface area contributed by atoms with E-state index < -0.39 is 0 Å². The molecule has 0 aliphatic heterocycles. The molecule has 0 heterocycles. The minimum Gasteiger partial charge on any atom is -0.396 e. The van der Waals surface area contributed by atoms with Gasteiger partial charge in [-0.25, -0.2) is 4.79 Å². The summed E-state index contributed by atoms with van der Waals surface area (Å²) in [5.74, 6) is 0.291. The van der Waals surface area contributed by atoms with Gasteiger partial charge in [0.25, 0.3) is 0 Å². The van der Waals surface area contributed by atoms with E-state index in [1.165, 1.54) is 0 Å². The number of para-hydroxylation sites is 1. The maximum absolute atomic E-state index is 12.0. The van der Waals surface area contributed by atoms with Gasteiger partial charge < -0.3 is 15.7 Å². The molecule has 1 atom stereocenters. The van der Waals surface area contributed by atoms with Gasteiger partial charge >= 0.3 is 6.03 Å². The van der Waals surface area contributed by atoms with Crippen molar-refractivity contribution >= 4 is 11.7 Å². The van der Waals surface area contributed by atoms with Crippen LogP contribution < -0.4 is 10.6 Å². The summed E-state index contributed by atoms with van der Waals surface area (Å²) in [5.41, 5.74) is 1.95. The fourth-order valence-corrected chi connectivity index (χ4v) is 1.99. The molecule has 2 amide bonds. The SMILES string of the molecule is CCc1ccccc1NC(=O)NC(CCO)C(C)C. The Kier molecular flexibility index (Phi) is 6.36. The van der Waals surface area contributed by atoms with Crippen molar-refractivity contribution in [2.24, 2.45) is 5.92 Å². The van der Waals surface area contributed by atoms with Gasteiger partial charge in [0.1, 0.15) is 0 Å². The summed E-state index contributed by atoms with van der Waals surface area (Å²) in [6.45, 7) is 6.19. The Balaban J connectivity index is 2.63. The number of nitrogens with one attached hydrogen (secondary N) is 2. The predicted molar refractivity (Wildman–Crippen MR) is 78.3 cm³/mol. The normalized spacial score (nSPS) is 12.3. The zero-order valence-electron chi connectivity index (χ0n) is 11.9. The minimum absolute atomic E-state index is 0.0150. The van der Waals surface area contributed by atoms with Gasteiger partial charge in [-0.3, -0.25) is 0 Å². The molecule has 0 fully saturated rings. The Bertz CT molecular complexity index is 405. The van der Waals surface area contributed by atoms with E-state index in [9.17, 15) is 4.79 Å². The lowest BCUT2D eigenvalue weighted by Crippen LogP contribution is -2.41. The quantitative estimate of drug-likeness (QED) is 0.740. The van der Waals surface area contributed by atoms with Crippen LogP contribution in [0.1, 0.15) is 32.8 Å². The van der Waals surface area contributed by atoms with Crippen LogP contribution in [0.25, 0.3) is 0 Å². The average molecular weight is 264 g/mol. The monoisotopic (exact) mass is 264 g/mol. The summed E-state index contributed by atoms with van der Waals surface area (Å²) >= 11 is 0. The Morgan fingerprint density at radius 1 is 1.32 bits per heavy atom. The van der Waals surface area contributed by atoms with Crippen LogP contribution in [0.5, 0.6) is 0 Å². The van der Waals surface area contributed by atoms with E-state index in [0.717, 1.165) is 17.7 Å². The smallest absolute Gasteiger partial charge is 0.319 e. The van der Waals surface area contributed by atoms with E-state index >= 15 is 0 Å². The van der Waals surface area contributed by atoms with E-state index in [0.29, 0.717) is 12.3 Å². The van der Waals surface area contributed by atoms with Gasteiger partial charge in [-0.1, -0.05) is 39.0 Å². The number of rotatable bonds is 6. The molecule has 0 saturated heterocycles. The van der Waals surface area contributed by atoms with Crippen molar-refractivity contribution in [1.82, 2.24) is 5.32 Å². The number of hydrogen-bond donors (Lipinski definition) is 3. The molecular formula is C15H24N2O2. The number of amides is 2. The van der Waals surface area contributed by atoms with Crippen LogP contribution in [-0.4, -0.2) is 23.8 Å². The number of hydrogen-bond acceptors (Lipinski definition) is 2. The lowest BCUT2D eigenvalue weighted by Gasteiger charge is -2.22. The van der Waals surface area contributed by atoms with E-state index in [-0.39, 0.29) is 18.7 Å². The Labute approximate surface area is 115 Å². The van der Waals surface area contributed by atoms with Crippen molar-refractivity contribution in [1.29, 1.82) is 0 Å². The van der Waals surface area contributed by atoms with E-state index in [1.807, 2.05) is 38.1 Å². The molecule has 4 heteroatoms. The Morgan fingerprint density at radius 3 is 2.58 bits per heavy atom. The average Bonchev–Trinajstić information content (AvgIpc) is 2.38. The zero-order chi connectivity index (χ0) is 14.3. The minimum atomic E-state index is -0.215. The molecule has 0 aromatic heterocycles. The zero-order valence-corrected chi connectivity index (χ0v) is 11.9. The molecule has 0 aliphatic carbocycles. The van der Waals surface area contributed by atoms with Crippen molar-refractivity contribution in [2.75, 3.05) is 11.9 Å². The van der Waals surface area contributed by atoms with Crippen molar-refractivity contribution in [3.8, 4) is 0 Å². The maximum atomic E-state index is 12.0. The first-order valence-electron chi connectivity index (χ1n) is 6.84. The van der Waals surface area contributed by atoms with Crippen molar-refractivity contribution in [3.05, 3.63) is 29.8 Å². The molecule has 0 saturated carbocycles. The molecule has 1 aromatic rings. The fraction of sp³-hybridized carbons (Fsp3) is 0.533. The highest BCUT2D eigenvalue weighted by atomic mass is 16.3. The summed E-state index contributed by atoms with van der Waals surface area (Å²) in [7, 11) is 0. The Hall–Kier alpha value is -1.55. The molecule has 0 bridgehead atoms. The number of aliphatic hydroxyl groups excluding tert-OH is 1. The molecular weight excluding hydrogens is 240 g/mol. The van der Waals surface area contributed by atoms with E-state index in [2.05, 4.69) is 17.6 Å². The van der Waals surface area contributed by atoms with Crippen LogP contribution in [0.15, 0.2) is 24.3 Å². The second kappa shape index (κ2) is 7.79. The molecule has 3 N–H and O–H groups in total. The standard InChI is InChI=1S/C15H24N2O2/c1-4-12-7-5-6-8-14(12)17-15(19)16-13(9-10-18)11(2)3/h5-8,11,13,18H,4,9-10H2,1-3H3,(H2,16,17,19). The predicted octanol–water partition coefficient (Wildman–Crippen LogP) is 2.78. The highest BCUT2D eigenvalue weighted by Crippen LogP contribution is 2.15. The summed E-state index contributed by atoms with van der Waals surface area (Å²) in [5, 5.41) is 14.8. The highest BCUT2D eigenvalue weighted by Gasteiger charge is 2.15. The summed E-state index contributed by atoms with van der Waals surface area (Å²) in [6.07, 6.45) is 1.45. The van der Waals surface area contributed by atoms with E-state index in [1.54, 1.807) is 0 Å². The second-order valence-electron chi connectivity index (χ2n) is 4.97. The summed E-state index contributed by atoms with van der Waals surface area (Å²) < 4.78 is 0. The van der Waals surface area contributed by atoms with Gasteiger partial charge in [-0.2, -0.15) is 0 Å². The van der Waals surface area contributed by atoms with Gasteiger partial charge in [0.15, 0.2) is 0 Å². The molecule has 0 radical (unpaired) electrons. The van der Waals surface area contributed by atoms with Gasteiger partial charge in [-0.15, -0.1) is 0 Å². The second-order valence-corrected chi connectivity index (χ2v) is 4.97. The number of carbonyl (C=O) groups is 1. The third-order valence-electron chi connectivity index (χ3n) is 3.21. The molecule has 106 valence electrons. The number of carbonyl (C=O) groups excluding carboxylic acids is 1. The van der Waals surface area contributed by atoms with Crippen LogP contribution in [-0.2, 0) is 6.42 Å². The van der Waals surface area contributed by atoms with Crippen LogP contribution >= 0.6 is 0 Å². The highest BCUT2D eigenvalue weighted by molar-refractivity contribution is 5.90. The molecule has 19 heavy (non-hydrogen) atoms. The third kappa shape index (κ3) is 4.91. The summed E-state index contributed by atoms with van der Waals surface area (Å²) in [6, 6.07) is 7.54. The first-order chi connectivity index (χ1) is 9.08. The molecule has 1 aromatic carbocycles. The largest absolute Gasteiger partial charge is 0.396 e.